The summed E-state index contributed by atoms with van der Waals surface area (Å²) in [6.07, 6.45) is 9.67. The molecular formula is C16H28O2. The van der Waals surface area contributed by atoms with Crippen LogP contribution in [-0.4, -0.2) is 18.5 Å². The van der Waals surface area contributed by atoms with E-state index >= 15 is 0 Å². The molecule has 18 heavy (non-hydrogen) atoms. The van der Waals surface area contributed by atoms with Crippen molar-refractivity contribution in [2.75, 3.05) is 6.61 Å². The van der Waals surface area contributed by atoms with Crippen LogP contribution in [0.5, 0.6) is 0 Å². The number of rotatable bonds is 6. The van der Waals surface area contributed by atoms with Gasteiger partial charge in [-0.05, 0) is 44.4 Å². The van der Waals surface area contributed by atoms with Crippen LogP contribution < -0.4 is 0 Å². The molecule has 0 radical (unpaired) electrons. The van der Waals surface area contributed by atoms with Crippen LogP contribution in [0, 0.1) is 17.8 Å². The molecule has 2 nitrogen and oxygen atoms in total. The average Bonchev–Trinajstić information content (AvgIpc) is 2.36. The first-order chi connectivity index (χ1) is 8.72. The Morgan fingerprint density at radius 3 is 2.56 bits per heavy atom. The number of ether oxygens (including phenoxy) is 1. The summed E-state index contributed by atoms with van der Waals surface area (Å²) in [6, 6.07) is 0. The van der Waals surface area contributed by atoms with Crippen LogP contribution in [0.15, 0.2) is 0 Å². The van der Waals surface area contributed by atoms with Crippen LogP contribution in [0.2, 0.25) is 0 Å². The van der Waals surface area contributed by atoms with Crippen LogP contribution in [0.25, 0.3) is 0 Å². The fourth-order valence-corrected chi connectivity index (χ4v) is 3.62. The molecule has 2 rings (SSSR count). The molecule has 2 heteroatoms. The minimum atomic E-state index is 0.384. The highest BCUT2D eigenvalue weighted by Crippen LogP contribution is 2.37. The minimum absolute atomic E-state index is 0.384. The molecule has 0 amide bonds. The molecule has 2 aliphatic carbocycles. The second-order valence-corrected chi connectivity index (χ2v) is 6.22. The van der Waals surface area contributed by atoms with Crippen molar-refractivity contribution >= 4 is 5.78 Å². The molecule has 0 heterocycles. The molecule has 0 spiro atoms. The molecule has 2 atom stereocenters. The minimum Gasteiger partial charge on any atom is -0.378 e. The standard InChI is InChI=1S/C16H28O2/c1-3-12-6-5-7-14(8-12)16(17)11-13-9-15(10-13)18-4-2/h12-15H,3-11H2,1-2H3. The summed E-state index contributed by atoms with van der Waals surface area (Å²) >= 11 is 0. The Kier molecular flexibility index (Phi) is 5.23. The zero-order chi connectivity index (χ0) is 13.0. The molecule has 0 aromatic carbocycles. The summed E-state index contributed by atoms with van der Waals surface area (Å²) in [5.41, 5.74) is 0. The van der Waals surface area contributed by atoms with Gasteiger partial charge in [-0.2, -0.15) is 0 Å². The van der Waals surface area contributed by atoms with Gasteiger partial charge in [0.2, 0.25) is 0 Å². The third kappa shape index (κ3) is 3.57. The third-order valence-electron chi connectivity index (χ3n) is 4.90. The van der Waals surface area contributed by atoms with Crippen molar-refractivity contribution in [1.29, 1.82) is 0 Å². The highest BCUT2D eigenvalue weighted by molar-refractivity contribution is 5.81. The zero-order valence-corrected chi connectivity index (χ0v) is 12.0. The second kappa shape index (κ2) is 6.70. The van der Waals surface area contributed by atoms with E-state index in [-0.39, 0.29) is 0 Å². The largest absolute Gasteiger partial charge is 0.378 e. The van der Waals surface area contributed by atoms with E-state index in [2.05, 4.69) is 6.92 Å². The number of carbonyl (C=O) groups is 1. The van der Waals surface area contributed by atoms with Crippen LogP contribution in [0.3, 0.4) is 0 Å². The van der Waals surface area contributed by atoms with Crippen LogP contribution in [0.1, 0.15) is 65.2 Å². The van der Waals surface area contributed by atoms with E-state index in [0.717, 1.165) is 44.6 Å². The molecular weight excluding hydrogens is 224 g/mol. The maximum atomic E-state index is 12.3. The van der Waals surface area contributed by atoms with Crippen molar-refractivity contribution in [3.63, 3.8) is 0 Å². The fourth-order valence-electron chi connectivity index (χ4n) is 3.62. The number of hydrogen-bond acceptors (Lipinski definition) is 2. The first kappa shape index (κ1) is 14.0. The van der Waals surface area contributed by atoms with E-state index < -0.39 is 0 Å². The number of carbonyl (C=O) groups excluding carboxylic acids is 1. The molecule has 2 saturated carbocycles. The summed E-state index contributed by atoms with van der Waals surface area (Å²) in [5.74, 6) is 2.37. The van der Waals surface area contributed by atoms with Gasteiger partial charge in [-0.3, -0.25) is 4.79 Å². The quantitative estimate of drug-likeness (QED) is 0.715. The van der Waals surface area contributed by atoms with Gasteiger partial charge >= 0.3 is 0 Å². The van der Waals surface area contributed by atoms with Crippen molar-refractivity contribution in [3.05, 3.63) is 0 Å². The lowest BCUT2D eigenvalue weighted by Crippen LogP contribution is -2.34. The van der Waals surface area contributed by atoms with E-state index in [0.29, 0.717) is 23.7 Å². The van der Waals surface area contributed by atoms with Gasteiger partial charge in [-0.15, -0.1) is 0 Å². The Morgan fingerprint density at radius 2 is 1.89 bits per heavy atom. The molecule has 0 aromatic heterocycles. The summed E-state index contributed by atoms with van der Waals surface area (Å²) in [5, 5.41) is 0. The summed E-state index contributed by atoms with van der Waals surface area (Å²) in [4.78, 5) is 12.3. The average molecular weight is 252 g/mol. The van der Waals surface area contributed by atoms with Crippen molar-refractivity contribution in [2.24, 2.45) is 17.8 Å². The molecule has 0 aliphatic heterocycles. The zero-order valence-electron chi connectivity index (χ0n) is 12.0. The van der Waals surface area contributed by atoms with Crippen LogP contribution in [-0.2, 0) is 9.53 Å². The summed E-state index contributed by atoms with van der Waals surface area (Å²) in [6.45, 7) is 5.12. The van der Waals surface area contributed by atoms with E-state index in [1.165, 1.54) is 19.3 Å². The molecule has 104 valence electrons. The van der Waals surface area contributed by atoms with Crippen molar-refractivity contribution < 1.29 is 9.53 Å². The Labute approximate surface area is 111 Å². The maximum absolute atomic E-state index is 12.3. The normalized spacial score (nSPS) is 36.1. The smallest absolute Gasteiger partial charge is 0.136 e. The maximum Gasteiger partial charge on any atom is 0.136 e. The van der Waals surface area contributed by atoms with Gasteiger partial charge in [0.25, 0.3) is 0 Å². The fraction of sp³-hybridized carbons (Fsp3) is 0.938. The SMILES string of the molecule is CCOC1CC(CC(=O)C2CCCC(CC)C2)C1. The Hall–Kier alpha value is -0.370. The van der Waals surface area contributed by atoms with Crippen LogP contribution >= 0.6 is 0 Å². The topological polar surface area (TPSA) is 26.3 Å². The molecule has 0 bridgehead atoms. The summed E-state index contributed by atoms with van der Waals surface area (Å²) in [7, 11) is 0. The van der Waals surface area contributed by atoms with Gasteiger partial charge in [0.05, 0.1) is 6.10 Å². The Balaban J connectivity index is 1.69. The van der Waals surface area contributed by atoms with Gasteiger partial charge in [-0.25, -0.2) is 0 Å². The lowest BCUT2D eigenvalue weighted by Gasteiger charge is -2.36. The first-order valence-corrected chi connectivity index (χ1v) is 7.87. The van der Waals surface area contributed by atoms with E-state index in [1.54, 1.807) is 0 Å². The Bertz CT molecular complexity index is 268. The van der Waals surface area contributed by atoms with Crippen molar-refractivity contribution in [3.8, 4) is 0 Å². The lowest BCUT2D eigenvalue weighted by atomic mass is 9.73. The van der Waals surface area contributed by atoms with Crippen LogP contribution in [0.4, 0.5) is 0 Å². The van der Waals surface area contributed by atoms with Gasteiger partial charge in [0.15, 0.2) is 0 Å². The number of ketones is 1. The van der Waals surface area contributed by atoms with Gasteiger partial charge in [-0.1, -0.05) is 26.2 Å². The Morgan fingerprint density at radius 1 is 1.11 bits per heavy atom. The van der Waals surface area contributed by atoms with Crippen molar-refractivity contribution in [1.82, 2.24) is 0 Å². The van der Waals surface area contributed by atoms with Crippen molar-refractivity contribution in [2.45, 2.75) is 71.3 Å². The molecule has 0 saturated heterocycles. The molecule has 0 N–H and O–H groups in total. The molecule has 0 aromatic rings. The third-order valence-corrected chi connectivity index (χ3v) is 4.90. The summed E-state index contributed by atoms with van der Waals surface area (Å²) < 4.78 is 5.56. The molecule has 2 aliphatic rings. The van der Waals surface area contributed by atoms with E-state index in [1.807, 2.05) is 6.92 Å². The van der Waals surface area contributed by atoms with E-state index in [9.17, 15) is 4.79 Å². The van der Waals surface area contributed by atoms with Gasteiger partial charge < -0.3 is 4.74 Å². The lowest BCUT2D eigenvalue weighted by molar-refractivity contribution is -0.127. The number of hydrogen-bond donors (Lipinski definition) is 0. The predicted molar refractivity (Wildman–Crippen MR) is 73.5 cm³/mol. The van der Waals surface area contributed by atoms with E-state index in [4.69, 9.17) is 4.74 Å². The first-order valence-electron chi connectivity index (χ1n) is 7.87. The molecule has 2 fully saturated rings. The number of Topliss-reactive ketones (excluding diaryl/α,β-unsaturated/α-hetero) is 1. The predicted octanol–water partition coefficient (Wildman–Crippen LogP) is 3.98. The highest BCUT2D eigenvalue weighted by atomic mass is 16.5. The second-order valence-electron chi connectivity index (χ2n) is 6.22. The monoisotopic (exact) mass is 252 g/mol. The highest BCUT2D eigenvalue weighted by Gasteiger charge is 2.34. The van der Waals surface area contributed by atoms with Gasteiger partial charge in [0, 0.05) is 18.9 Å². The van der Waals surface area contributed by atoms with Gasteiger partial charge in [0.1, 0.15) is 5.78 Å². The molecule has 2 unspecified atom stereocenters.